The van der Waals surface area contributed by atoms with Crippen LogP contribution in [0.2, 0.25) is 0 Å². The number of carbonyl (C=O) groups excluding carboxylic acids is 3. The van der Waals surface area contributed by atoms with Gasteiger partial charge in [-0.2, -0.15) is 0 Å². The Bertz CT molecular complexity index is 1280. The molecule has 0 unspecified atom stereocenters. The number of nitrogens with zero attached hydrogens (tertiary/aromatic N) is 1. The topological polar surface area (TPSA) is 96.7 Å². The van der Waals surface area contributed by atoms with E-state index in [1.54, 1.807) is 48.5 Å². The second kappa shape index (κ2) is 8.00. The Hall–Kier alpha value is -3.65. The van der Waals surface area contributed by atoms with Gasteiger partial charge in [-0.1, -0.05) is 30.3 Å². The zero-order valence-electron chi connectivity index (χ0n) is 15.9. The van der Waals surface area contributed by atoms with Crippen LogP contribution in [0.1, 0.15) is 11.1 Å². The maximum atomic E-state index is 12.6. The molecule has 0 saturated carbocycles. The van der Waals surface area contributed by atoms with E-state index in [1.165, 1.54) is 6.08 Å². The maximum absolute atomic E-state index is 12.6. The number of rotatable bonds is 4. The molecule has 1 N–H and O–H groups in total. The molecule has 0 bridgehead atoms. The zero-order valence-corrected chi connectivity index (χ0v) is 16.7. The number of anilines is 1. The number of imide groups is 1. The summed E-state index contributed by atoms with van der Waals surface area (Å²) in [5.74, 6) is -1.12. The number of hydrogen-bond acceptors (Lipinski definition) is 6. The number of nitrogens with one attached hydrogen (secondary N) is 1. The lowest BCUT2D eigenvalue weighted by Crippen LogP contribution is -2.36. The lowest BCUT2D eigenvalue weighted by Gasteiger charge is -2.12. The van der Waals surface area contributed by atoms with Gasteiger partial charge in [-0.3, -0.25) is 19.3 Å². The summed E-state index contributed by atoms with van der Waals surface area (Å²) in [6.45, 7) is 1.47. The number of para-hydroxylation sites is 1. The summed E-state index contributed by atoms with van der Waals surface area (Å²) in [5, 5.41) is 2.79. The number of aryl methyl sites for hydroxylation is 1. The molecule has 2 aromatic carbocycles. The minimum Gasteiger partial charge on any atom is -0.422 e. The normalized spacial score (nSPS) is 15.2. The predicted octanol–water partition coefficient (Wildman–Crippen LogP) is 3.78. The van der Waals surface area contributed by atoms with Crippen LogP contribution in [0.3, 0.4) is 0 Å². The fourth-order valence-corrected chi connectivity index (χ4v) is 3.85. The molecule has 1 aliphatic heterocycles. The van der Waals surface area contributed by atoms with E-state index in [0.717, 1.165) is 10.5 Å². The van der Waals surface area contributed by atoms with Crippen LogP contribution in [0.15, 0.2) is 68.7 Å². The molecule has 0 atom stereocenters. The highest BCUT2D eigenvalue weighted by molar-refractivity contribution is 8.18. The summed E-state index contributed by atoms with van der Waals surface area (Å²) < 4.78 is 5.25. The summed E-state index contributed by atoms with van der Waals surface area (Å²) in [5.41, 5.74) is 1.52. The van der Waals surface area contributed by atoms with Gasteiger partial charge in [0.15, 0.2) is 0 Å². The first kappa shape index (κ1) is 19.7. The van der Waals surface area contributed by atoms with Crippen molar-refractivity contribution in [2.45, 2.75) is 6.92 Å². The maximum Gasteiger partial charge on any atom is 0.343 e. The Balaban J connectivity index is 1.53. The molecule has 3 amide bonds. The van der Waals surface area contributed by atoms with Crippen molar-refractivity contribution in [2.24, 2.45) is 0 Å². The number of hydrogen-bond donors (Lipinski definition) is 1. The summed E-state index contributed by atoms with van der Waals surface area (Å²) >= 11 is 0.679. The van der Waals surface area contributed by atoms with Crippen molar-refractivity contribution >= 4 is 51.5 Å². The molecule has 4 rings (SSSR count). The first-order chi connectivity index (χ1) is 14.4. The average Bonchev–Trinajstić information content (AvgIpc) is 2.96. The minimum atomic E-state index is -0.628. The molecule has 0 radical (unpaired) electrons. The van der Waals surface area contributed by atoms with Crippen molar-refractivity contribution in [3.05, 3.63) is 81.0 Å². The Labute approximate surface area is 175 Å². The van der Waals surface area contributed by atoms with Gasteiger partial charge in [0.1, 0.15) is 12.1 Å². The summed E-state index contributed by atoms with van der Waals surface area (Å²) in [6, 6.07) is 15.8. The van der Waals surface area contributed by atoms with Crippen LogP contribution in [0.5, 0.6) is 0 Å². The Morgan fingerprint density at radius 3 is 2.70 bits per heavy atom. The van der Waals surface area contributed by atoms with Crippen molar-refractivity contribution in [3.63, 3.8) is 0 Å². The smallest absolute Gasteiger partial charge is 0.343 e. The molecule has 1 fully saturated rings. The quantitative estimate of drug-likeness (QED) is 0.510. The number of carbonyl (C=O) groups is 3. The average molecular weight is 420 g/mol. The Kier molecular flexibility index (Phi) is 5.24. The third-order valence-corrected chi connectivity index (χ3v) is 5.34. The van der Waals surface area contributed by atoms with Gasteiger partial charge in [0.05, 0.1) is 10.5 Å². The second-order valence-electron chi connectivity index (χ2n) is 6.71. The first-order valence-electron chi connectivity index (χ1n) is 9.05. The number of benzene rings is 2. The molecule has 7 nitrogen and oxygen atoms in total. The molecule has 150 valence electrons. The van der Waals surface area contributed by atoms with Crippen molar-refractivity contribution in [2.75, 3.05) is 11.9 Å². The van der Waals surface area contributed by atoms with Crippen molar-refractivity contribution < 1.29 is 18.8 Å². The van der Waals surface area contributed by atoms with Gasteiger partial charge < -0.3 is 9.73 Å². The van der Waals surface area contributed by atoms with E-state index in [0.29, 0.717) is 28.4 Å². The fourth-order valence-electron chi connectivity index (χ4n) is 3.02. The molecule has 3 aromatic rings. The van der Waals surface area contributed by atoms with E-state index in [4.69, 9.17) is 4.42 Å². The number of fused-ring (bicyclic) bond motifs is 1. The van der Waals surface area contributed by atoms with Crippen LogP contribution in [-0.4, -0.2) is 28.5 Å². The van der Waals surface area contributed by atoms with Gasteiger partial charge >= 0.3 is 5.63 Å². The first-order valence-corrected chi connectivity index (χ1v) is 9.87. The highest BCUT2D eigenvalue weighted by Gasteiger charge is 2.36. The Morgan fingerprint density at radius 1 is 1.10 bits per heavy atom. The summed E-state index contributed by atoms with van der Waals surface area (Å²) in [6.07, 6.45) is 1.32. The van der Waals surface area contributed by atoms with Crippen LogP contribution >= 0.6 is 11.8 Å². The third kappa shape index (κ3) is 4.04. The van der Waals surface area contributed by atoms with Gasteiger partial charge in [0, 0.05) is 11.1 Å². The summed E-state index contributed by atoms with van der Waals surface area (Å²) in [7, 11) is 0. The zero-order chi connectivity index (χ0) is 21.3. The van der Waals surface area contributed by atoms with E-state index in [9.17, 15) is 19.2 Å². The van der Waals surface area contributed by atoms with E-state index in [-0.39, 0.29) is 10.5 Å². The van der Waals surface area contributed by atoms with Gasteiger partial charge in [-0.15, -0.1) is 0 Å². The van der Waals surface area contributed by atoms with Gasteiger partial charge in [0.2, 0.25) is 5.91 Å². The highest BCUT2D eigenvalue weighted by atomic mass is 32.2. The van der Waals surface area contributed by atoms with Gasteiger partial charge in [-0.25, -0.2) is 4.79 Å². The van der Waals surface area contributed by atoms with E-state index in [1.807, 2.05) is 13.0 Å². The van der Waals surface area contributed by atoms with Gasteiger partial charge in [0.25, 0.3) is 11.1 Å². The monoisotopic (exact) mass is 420 g/mol. The molecule has 0 aliphatic carbocycles. The fraction of sp³-hybridized carbons (Fsp3) is 0.0909. The van der Waals surface area contributed by atoms with E-state index < -0.39 is 29.2 Å². The van der Waals surface area contributed by atoms with Gasteiger partial charge in [-0.05, 0) is 54.6 Å². The van der Waals surface area contributed by atoms with Crippen LogP contribution in [0, 0.1) is 6.92 Å². The molecule has 0 spiro atoms. The van der Waals surface area contributed by atoms with Crippen LogP contribution in [0.25, 0.3) is 17.0 Å². The molecule has 1 aliphatic rings. The number of amides is 3. The van der Waals surface area contributed by atoms with Crippen molar-refractivity contribution in [3.8, 4) is 0 Å². The molecular formula is C22H16N2O5S. The second-order valence-corrected chi connectivity index (χ2v) is 7.71. The van der Waals surface area contributed by atoms with Crippen LogP contribution < -0.4 is 10.9 Å². The van der Waals surface area contributed by atoms with E-state index in [2.05, 4.69) is 5.32 Å². The highest BCUT2D eigenvalue weighted by Crippen LogP contribution is 2.32. The molecule has 1 saturated heterocycles. The minimum absolute atomic E-state index is 0.0611. The number of thioether (sulfide) groups is 1. The SMILES string of the molecule is Cc1cccc(NC(=O)CN2C(=O)S/C(=C/c3cc4ccccc4oc3=O)C2=O)c1. The molecule has 2 heterocycles. The van der Waals surface area contributed by atoms with E-state index >= 15 is 0 Å². The lowest BCUT2D eigenvalue weighted by atomic mass is 10.2. The van der Waals surface area contributed by atoms with Crippen LogP contribution in [0.4, 0.5) is 10.5 Å². The van der Waals surface area contributed by atoms with Crippen LogP contribution in [-0.2, 0) is 9.59 Å². The standard InChI is InChI=1S/C22H16N2O5S/c1-13-5-4-7-16(9-13)23-19(25)12-24-20(26)18(30-22(24)28)11-15-10-14-6-2-3-8-17(14)29-21(15)27/h2-11H,12H2,1H3,(H,23,25)/b18-11+. The largest absolute Gasteiger partial charge is 0.422 e. The van der Waals surface area contributed by atoms with Crippen molar-refractivity contribution in [1.82, 2.24) is 4.90 Å². The van der Waals surface area contributed by atoms with Crippen molar-refractivity contribution in [1.29, 1.82) is 0 Å². The summed E-state index contributed by atoms with van der Waals surface area (Å²) in [4.78, 5) is 50.3. The molecule has 8 heteroatoms. The molecule has 30 heavy (non-hydrogen) atoms. The molecule has 1 aromatic heterocycles. The molecular weight excluding hydrogens is 404 g/mol. The predicted molar refractivity (Wildman–Crippen MR) is 115 cm³/mol. The Morgan fingerprint density at radius 2 is 1.90 bits per heavy atom. The lowest BCUT2D eigenvalue weighted by molar-refractivity contribution is -0.127. The third-order valence-electron chi connectivity index (χ3n) is 4.43.